The quantitative estimate of drug-likeness (QED) is 0.330. The van der Waals surface area contributed by atoms with E-state index in [0.717, 1.165) is 26.1 Å². The summed E-state index contributed by atoms with van der Waals surface area (Å²) >= 11 is -2.60. The second kappa shape index (κ2) is 11.0. The van der Waals surface area contributed by atoms with Gasteiger partial charge in [-0.2, -0.15) is 0 Å². The molecule has 5 nitrogen and oxygen atoms in total. The number of rotatable bonds is 9. The minimum atomic E-state index is -2.60. The third kappa shape index (κ3) is 7.22. The number of nitrogens with zero attached hydrogens (tertiary/aromatic N) is 2. The Bertz CT molecular complexity index is 868. The molecule has 1 fully saturated rings. The molecule has 1 aliphatic rings. The first kappa shape index (κ1) is 27.0. The van der Waals surface area contributed by atoms with Crippen molar-refractivity contribution >= 4 is 24.5 Å². The zero-order valence-electron chi connectivity index (χ0n) is 22.0. The van der Waals surface area contributed by atoms with Crippen molar-refractivity contribution in [2.45, 2.75) is 77.4 Å². The van der Waals surface area contributed by atoms with Gasteiger partial charge >= 0.3 is 211 Å². The Labute approximate surface area is 210 Å². The van der Waals surface area contributed by atoms with Crippen molar-refractivity contribution in [1.29, 1.82) is 0 Å². The summed E-state index contributed by atoms with van der Waals surface area (Å²) in [5.74, 6) is 0. The molecule has 6 heteroatoms. The van der Waals surface area contributed by atoms with E-state index >= 15 is 0 Å². The predicted molar refractivity (Wildman–Crippen MR) is 141 cm³/mol. The summed E-state index contributed by atoms with van der Waals surface area (Å²) in [6.07, 6.45) is 0.599. The minimum absolute atomic E-state index is 0.0111. The van der Waals surface area contributed by atoms with E-state index in [0.29, 0.717) is 6.61 Å². The van der Waals surface area contributed by atoms with Crippen LogP contribution in [0.5, 0.6) is 0 Å². The Hall–Kier alpha value is -1.57. The first-order valence-corrected chi connectivity index (χ1v) is 22.5. The van der Waals surface area contributed by atoms with Gasteiger partial charge in [0.1, 0.15) is 0 Å². The molecule has 0 saturated carbocycles. The number of amides is 1. The Morgan fingerprint density at radius 1 is 0.971 bits per heavy atom. The van der Waals surface area contributed by atoms with Crippen molar-refractivity contribution in [3.63, 3.8) is 0 Å². The van der Waals surface area contributed by atoms with Crippen molar-refractivity contribution in [2.24, 2.45) is 0 Å². The van der Waals surface area contributed by atoms with Crippen LogP contribution in [0.2, 0.25) is 14.8 Å². The van der Waals surface area contributed by atoms with Crippen molar-refractivity contribution < 1.29 is 14.3 Å². The molecule has 1 heterocycles. The predicted octanol–water partition coefficient (Wildman–Crippen LogP) is 6.31. The summed E-state index contributed by atoms with van der Waals surface area (Å²) in [6, 6.07) is 21.2. The molecule has 34 heavy (non-hydrogen) atoms. The summed E-state index contributed by atoms with van der Waals surface area (Å²) in [4.78, 5) is 24.7. The molecule has 3 rings (SSSR count). The second-order valence-corrected chi connectivity index (χ2v) is 26.9. The van der Waals surface area contributed by atoms with Gasteiger partial charge in [0.25, 0.3) is 0 Å². The number of benzene rings is 2. The molecule has 0 unspecified atom stereocenters. The van der Waals surface area contributed by atoms with Gasteiger partial charge in [-0.05, 0) is 0 Å². The van der Waals surface area contributed by atoms with E-state index in [1.165, 1.54) is 11.1 Å². The second-order valence-electron chi connectivity index (χ2n) is 11.6. The van der Waals surface area contributed by atoms with Crippen molar-refractivity contribution in [1.82, 2.24) is 9.80 Å². The van der Waals surface area contributed by atoms with Crippen LogP contribution in [0.25, 0.3) is 0 Å². The molecule has 2 aromatic rings. The van der Waals surface area contributed by atoms with Crippen LogP contribution in [-0.4, -0.2) is 62.8 Å². The Morgan fingerprint density at radius 3 is 1.88 bits per heavy atom. The van der Waals surface area contributed by atoms with Crippen LogP contribution in [0.1, 0.15) is 45.2 Å². The van der Waals surface area contributed by atoms with E-state index in [1.807, 2.05) is 27.7 Å². The first-order chi connectivity index (χ1) is 15.9. The summed E-state index contributed by atoms with van der Waals surface area (Å²) in [6.45, 7) is 11.1. The molecule has 1 amide bonds. The van der Waals surface area contributed by atoms with Gasteiger partial charge in [-0.3, -0.25) is 0 Å². The van der Waals surface area contributed by atoms with Crippen LogP contribution in [0.4, 0.5) is 4.79 Å². The van der Waals surface area contributed by atoms with Crippen molar-refractivity contribution in [3.8, 4) is 0 Å². The van der Waals surface area contributed by atoms with Crippen LogP contribution < -0.4 is 0 Å². The van der Waals surface area contributed by atoms with Gasteiger partial charge in [0, 0.05) is 0 Å². The zero-order chi connectivity index (χ0) is 25.0. The van der Waals surface area contributed by atoms with Crippen molar-refractivity contribution in [3.05, 3.63) is 71.8 Å². The van der Waals surface area contributed by atoms with Crippen LogP contribution in [0.15, 0.2) is 60.7 Å². The molecule has 1 aliphatic heterocycles. The van der Waals surface area contributed by atoms with Gasteiger partial charge in [0.05, 0.1) is 0 Å². The monoisotopic (exact) mass is 574 g/mol. The van der Waals surface area contributed by atoms with Gasteiger partial charge in [0.2, 0.25) is 0 Å². The van der Waals surface area contributed by atoms with Gasteiger partial charge in [-0.15, -0.1) is 0 Å². The fourth-order valence-electron chi connectivity index (χ4n) is 4.72. The molecule has 0 bridgehead atoms. The molecule has 1 atom stereocenters. The SMILES string of the molecule is CC1(C)COC(C)(C)N1C(=O)O[C@H](CCN(Cc1ccccc1)Cc1ccccc1)[Sn]([CH3])([CH3])[CH3]. The van der Waals surface area contributed by atoms with Crippen LogP contribution in [-0.2, 0) is 22.6 Å². The molecule has 2 aromatic carbocycles. The van der Waals surface area contributed by atoms with E-state index in [4.69, 9.17) is 9.47 Å². The van der Waals surface area contributed by atoms with E-state index < -0.39 is 24.1 Å². The molecule has 0 N–H and O–H groups in total. The maximum atomic E-state index is 13.4. The molecular formula is C28H42N2O3Sn. The third-order valence-electron chi connectivity index (χ3n) is 6.52. The summed E-state index contributed by atoms with van der Waals surface area (Å²) in [7, 11) is 0. The Morgan fingerprint density at radius 2 is 1.47 bits per heavy atom. The molecular weight excluding hydrogens is 531 g/mol. The number of hydrogen-bond acceptors (Lipinski definition) is 4. The average Bonchev–Trinajstić information content (AvgIpc) is 2.98. The van der Waals surface area contributed by atoms with Gasteiger partial charge in [0.15, 0.2) is 0 Å². The van der Waals surface area contributed by atoms with Crippen molar-refractivity contribution in [2.75, 3.05) is 13.2 Å². The molecule has 1 saturated heterocycles. The van der Waals surface area contributed by atoms with Gasteiger partial charge < -0.3 is 0 Å². The fourth-order valence-corrected chi connectivity index (χ4v) is 8.86. The van der Waals surface area contributed by atoms with E-state index in [1.54, 1.807) is 4.90 Å². The molecule has 0 spiro atoms. The Kier molecular flexibility index (Phi) is 8.74. The topological polar surface area (TPSA) is 42.0 Å². The van der Waals surface area contributed by atoms with E-state index in [-0.39, 0.29) is 15.8 Å². The summed E-state index contributed by atoms with van der Waals surface area (Å²) in [5, 5.41) is 0. The van der Waals surface area contributed by atoms with Gasteiger partial charge in [-0.25, -0.2) is 0 Å². The number of carbonyl (C=O) groups excluding carboxylic acids is 1. The maximum absolute atomic E-state index is 13.4. The normalized spacial score (nSPS) is 18.2. The summed E-state index contributed by atoms with van der Waals surface area (Å²) < 4.78 is 12.2. The molecule has 0 radical (unpaired) electrons. The first-order valence-electron chi connectivity index (χ1n) is 12.3. The van der Waals surface area contributed by atoms with Gasteiger partial charge in [-0.1, -0.05) is 0 Å². The standard InChI is InChI=1S/C25H33N2O3.3CH3.Sn/c1-24(2)20-30-25(3,4)27(24)23(28)29-17-11-16-26(18-21-12-7-5-8-13-21)19-22-14-9-6-10-15-22;;;;/h5-10,12-15,17H,11,16,18-20H2,1-4H3;3*1H3;. The summed E-state index contributed by atoms with van der Waals surface area (Å²) in [5.41, 5.74) is 1.55. The molecule has 0 aromatic heterocycles. The average molecular weight is 573 g/mol. The van der Waals surface area contributed by atoms with E-state index in [2.05, 4.69) is 80.4 Å². The third-order valence-corrected chi connectivity index (χ3v) is 13.2. The number of hydrogen-bond donors (Lipinski definition) is 0. The van der Waals surface area contributed by atoms with Crippen LogP contribution in [0, 0.1) is 0 Å². The van der Waals surface area contributed by atoms with Crippen LogP contribution >= 0.6 is 0 Å². The van der Waals surface area contributed by atoms with E-state index in [9.17, 15) is 4.79 Å². The number of ether oxygens (including phenoxy) is 2. The number of carbonyl (C=O) groups is 1. The molecule has 0 aliphatic carbocycles. The Balaban J connectivity index is 1.73. The zero-order valence-corrected chi connectivity index (χ0v) is 24.9. The molecule has 186 valence electrons. The van der Waals surface area contributed by atoms with Crippen LogP contribution in [0.3, 0.4) is 0 Å². The fraction of sp³-hybridized carbons (Fsp3) is 0.536.